The summed E-state index contributed by atoms with van der Waals surface area (Å²) in [7, 11) is 0. The Morgan fingerprint density at radius 1 is 1.22 bits per heavy atom. The highest BCUT2D eigenvalue weighted by Gasteiger charge is 2.41. The number of H-pyrrole nitrogens is 1. The lowest BCUT2D eigenvalue weighted by atomic mass is 9.74. The number of benzene rings is 2. The molecule has 1 saturated carbocycles. The van der Waals surface area contributed by atoms with E-state index in [1.807, 2.05) is 0 Å². The van der Waals surface area contributed by atoms with E-state index in [0.717, 1.165) is 33.2 Å². The fraction of sp³-hybridized carbons (Fsp3) is 0.360. The van der Waals surface area contributed by atoms with Crippen molar-refractivity contribution in [1.29, 1.82) is 0 Å². The van der Waals surface area contributed by atoms with Crippen LogP contribution in [0.1, 0.15) is 62.6 Å². The topological polar surface area (TPSA) is 91.1 Å². The quantitative estimate of drug-likeness (QED) is 0.409. The van der Waals surface area contributed by atoms with Gasteiger partial charge in [0.1, 0.15) is 5.82 Å². The van der Waals surface area contributed by atoms with E-state index >= 15 is 0 Å². The Labute approximate surface area is 184 Å². The maximum absolute atomic E-state index is 13.7. The molecule has 3 N–H and O–H groups in total. The first kappa shape index (κ1) is 20.7. The number of fused-ring (bicyclic) bond motifs is 2. The molecule has 32 heavy (non-hydrogen) atoms. The molecule has 7 heteroatoms. The van der Waals surface area contributed by atoms with Gasteiger partial charge in [-0.15, -0.1) is 0 Å². The van der Waals surface area contributed by atoms with Gasteiger partial charge in [-0.25, -0.2) is 9.18 Å². The van der Waals surface area contributed by atoms with Crippen LogP contribution in [0, 0.1) is 5.82 Å². The van der Waals surface area contributed by atoms with Gasteiger partial charge in [-0.05, 0) is 79.5 Å². The lowest BCUT2D eigenvalue weighted by molar-refractivity contribution is -0.162. The highest BCUT2D eigenvalue weighted by atomic mass is 19.1. The number of hydrogen-bond acceptors (Lipinski definition) is 3. The fourth-order valence-electron chi connectivity index (χ4n) is 5.23. The maximum atomic E-state index is 13.7. The van der Waals surface area contributed by atoms with E-state index in [4.69, 9.17) is 0 Å². The van der Waals surface area contributed by atoms with Crippen LogP contribution in [0.25, 0.3) is 27.5 Å². The van der Waals surface area contributed by atoms with E-state index in [1.54, 1.807) is 18.3 Å². The van der Waals surface area contributed by atoms with E-state index in [2.05, 4.69) is 40.7 Å². The molecule has 6 nitrogen and oxygen atoms in total. The van der Waals surface area contributed by atoms with Gasteiger partial charge in [-0.1, -0.05) is 13.8 Å². The third kappa shape index (κ3) is 3.19. The minimum Gasteiger partial charge on any atom is -0.479 e. The number of aromatic amines is 1. The monoisotopic (exact) mass is 435 g/mol. The molecule has 2 heterocycles. The van der Waals surface area contributed by atoms with Gasteiger partial charge in [0.15, 0.2) is 5.60 Å². The molecule has 4 aromatic rings. The van der Waals surface area contributed by atoms with Crippen molar-refractivity contribution in [3.8, 4) is 5.69 Å². The summed E-state index contributed by atoms with van der Waals surface area (Å²) in [5.41, 5.74) is 3.50. The summed E-state index contributed by atoms with van der Waals surface area (Å²) in [6.07, 6.45) is 3.41. The van der Waals surface area contributed by atoms with E-state index in [1.165, 1.54) is 17.7 Å². The molecule has 1 fully saturated rings. The van der Waals surface area contributed by atoms with E-state index in [9.17, 15) is 19.4 Å². The predicted molar refractivity (Wildman–Crippen MR) is 121 cm³/mol. The van der Waals surface area contributed by atoms with Crippen molar-refractivity contribution in [2.24, 2.45) is 0 Å². The second-order valence-electron chi connectivity index (χ2n) is 9.20. The number of aliphatic carboxylic acids is 1. The van der Waals surface area contributed by atoms with Crippen molar-refractivity contribution < 1.29 is 19.4 Å². The average Bonchev–Trinajstić information content (AvgIpc) is 3.35. The van der Waals surface area contributed by atoms with Crippen molar-refractivity contribution in [2.75, 3.05) is 0 Å². The van der Waals surface area contributed by atoms with Gasteiger partial charge in [0.05, 0.1) is 17.2 Å². The first-order chi connectivity index (χ1) is 15.3. The zero-order valence-corrected chi connectivity index (χ0v) is 18.1. The number of nitrogens with one attached hydrogen (secondary N) is 1. The Bertz CT molecular complexity index is 1310. The highest BCUT2D eigenvalue weighted by Crippen LogP contribution is 2.46. The van der Waals surface area contributed by atoms with Gasteiger partial charge >= 0.3 is 5.97 Å². The largest absolute Gasteiger partial charge is 0.479 e. The van der Waals surface area contributed by atoms with Crippen LogP contribution in [-0.4, -0.2) is 36.5 Å². The number of aliphatic hydroxyl groups is 1. The smallest absolute Gasteiger partial charge is 0.335 e. The van der Waals surface area contributed by atoms with Crippen LogP contribution in [0.4, 0.5) is 4.39 Å². The molecule has 0 amide bonds. The Kier molecular flexibility index (Phi) is 4.82. The Balaban J connectivity index is 1.75. The molecule has 0 bridgehead atoms. The molecule has 0 aliphatic heterocycles. The first-order valence-electron chi connectivity index (χ1n) is 11.0. The molecule has 0 atom stereocenters. The number of halogens is 1. The molecular weight excluding hydrogens is 409 g/mol. The maximum Gasteiger partial charge on any atom is 0.335 e. The molecule has 5 rings (SSSR count). The number of rotatable bonds is 4. The molecule has 0 spiro atoms. The van der Waals surface area contributed by atoms with E-state index < -0.39 is 11.6 Å². The van der Waals surface area contributed by atoms with Crippen LogP contribution in [0.3, 0.4) is 0 Å². The first-order valence-corrected chi connectivity index (χ1v) is 11.0. The van der Waals surface area contributed by atoms with Crippen molar-refractivity contribution in [2.45, 2.75) is 57.0 Å². The normalized spacial score (nSPS) is 21.6. The SMILES string of the molecule is CC(C)c1c([C@H]2CC[C@](O)(C(=O)O)CC2)c2cc3[nH]ncc3cc2n1-c1ccc(F)cc1. The van der Waals surface area contributed by atoms with Crippen LogP contribution in [0.15, 0.2) is 42.6 Å². The number of carboxylic acids is 1. The number of hydrogen-bond donors (Lipinski definition) is 3. The van der Waals surface area contributed by atoms with Gasteiger partial charge in [0.2, 0.25) is 0 Å². The zero-order valence-electron chi connectivity index (χ0n) is 18.1. The third-order valence-corrected chi connectivity index (χ3v) is 6.86. The van der Waals surface area contributed by atoms with Gasteiger partial charge in [0.25, 0.3) is 0 Å². The molecule has 2 aromatic heterocycles. The van der Waals surface area contributed by atoms with Crippen LogP contribution in [0.5, 0.6) is 0 Å². The molecule has 166 valence electrons. The molecular formula is C25H26FN3O3. The predicted octanol–water partition coefficient (Wildman–Crippen LogP) is 5.24. The highest BCUT2D eigenvalue weighted by molar-refractivity contribution is 5.99. The Morgan fingerprint density at radius 2 is 1.91 bits per heavy atom. The van der Waals surface area contributed by atoms with E-state index in [0.29, 0.717) is 12.8 Å². The van der Waals surface area contributed by atoms with Gasteiger partial charge in [0, 0.05) is 22.2 Å². The number of carbonyl (C=O) groups is 1. The summed E-state index contributed by atoms with van der Waals surface area (Å²) in [6, 6.07) is 10.7. The fourth-order valence-corrected chi connectivity index (χ4v) is 5.23. The van der Waals surface area contributed by atoms with Crippen molar-refractivity contribution in [3.63, 3.8) is 0 Å². The summed E-state index contributed by atoms with van der Waals surface area (Å²) >= 11 is 0. The molecule has 0 radical (unpaired) electrons. The molecule has 1 aliphatic carbocycles. The standard InChI is InChI=1S/C25H26FN3O3/c1-14(2)23-22(15-7-9-25(32,10-8-15)24(30)31)19-12-20-16(13-27-28-20)11-21(19)29(23)18-5-3-17(26)4-6-18/h3-6,11-15,32H,7-10H2,1-2H3,(H,27,28)(H,30,31)/t15-,25+. The van der Waals surface area contributed by atoms with Crippen molar-refractivity contribution >= 4 is 27.8 Å². The van der Waals surface area contributed by atoms with Crippen molar-refractivity contribution in [1.82, 2.24) is 14.8 Å². The lowest BCUT2D eigenvalue weighted by Crippen LogP contribution is -2.41. The number of nitrogens with zero attached hydrogens (tertiary/aromatic N) is 2. The summed E-state index contributed by atoms with van der Waals surface area (Å²) in [5.74, 6) is -1.13. The second-order valence-corrected chi connectivity index (χ2v) is 9.20. The Morgan fingerprint density at radius 3 is 2.53 bits per heavy atom. The number of carboxylic acid groups (broad SMARTS) is 1. The molecule has 2 aromatic carbocycles. The minimum atomic E-state index is -1.65. The Hall–Kier alpha value is -3.19. The zero-order chi connectivity index (χ0) is 22.6. The molecule has 0 unspecified atom stereocenters. The summed E-state index contributed by atoms with van der Waals surface area (Å²) in [6.45, 7) is 4.28. The van der Waals surface area contributed by atoms with Crippen molar-refractivity contribution in [3.05, 3.63) is 59.7 Å². The second kappa shape index (κ2) is 7.45. The van der Waals surface area contributed by atoms with Gasteiger partial charge in [-0.3, -0.25) is 5.10 Å². The van der Waals surface area contributed by atoms with Gasteiger partial charge in [-0.2, -0.15) is 5.10 Å². The van der Waals surface area contributed by atoms with Crippen LogP contribution < -0.4 is 0 Å². The molecule has 0 saturated heterocycles. The summed E-state index contributed by atoms with van der Waals surface area (Å²) < 4.78 is 15.9. The number of aromatic nitrogens is 3. The summed E-state index contributed by atoms with van der Waals surface area (Å²) in [5, 5.41) is 29.2. The minimum absolute atomic E-state index is 0.122. The van der Waals surface area contributed by atoms with E-state index in [-0.39, 0.29) is 30.5 Å². The van der Waals surface area contributed by atoms with Crippen LogP contribution >= 0.6 is 0 Å². The van der Waals surface area contributed by atoms with Crippen LogP contribution in [-0.2, 0) is 4.79 Å². The average molecular weight is 435 g/mol. The third-order valence-electron chi connectivity index (χ3n) is 6.86. The molecule has 1 aliphatic rings. The van der Waals surface area contributed by atoms with Gasteiger partial charge < -0.3 is 14.8 Å². The summed E-state index contributed by atoms with van der Waals surface area (Å²) in [4.78, 5) is 11.5. The lowest BCUT2D eigenvalue weighted by Gasteiger charge is -2.33. The van der Waals surface area contributed by atoms with Crippen LogP contribution in [0.2, 0.25) is 0 Å².